The number of carbonyl (C=O) groups is 3. The average Bonchev–Trinajstić information content (AvgIpc) is 3.35. The lowest BCUT2D eigenvalue weighted by molar-refractivity contribution is -0.167. The smallest absolute Gasteiger partial charge is 0.306 e. The Morgan fingerprint density at radius 3 is 0.913 bits per heavy atom. The van der Waals surface area contributed by atoms with Gasteiger partial charge in [0.25, 0.3) is 0 Å². The Kier molecular flexibility index (Phi) is 54.8. The largest absolute Gasteiger partial charge is 0.462 e. The van der Waals surface area contributed by atoms with E-state index in [9.17, 15) is 14.4 Å². The van der Waals surface area contributed by atoms with Crippen LogP contribution in [0.3, 0.4) is 0 Å². The summed E-state index contributed by atoms with van der Waals surface area (Å²) in [6, 6.07) is 0. The topological polar surface area (TPSA) is 78.9 Å². The van der Waals surface area contributed by atoms with Gasteiger partial charge in [0.2, 0.25) is 0 Å². The van der Waals surface area contributed by atoms with E-state index in [0.29, 0.717) is 19.3 Å². The quantitative estimate of drug-likeness (QED) is 0.0262. The minimum Gasteiger partial charge on any atom is -0.462 e. The van der Waals surface area contributed by atoms with E-state index in [-0.39, 0.29) is 31.1 Å². The standard InChI is InChI=1S/C63H110O6/c1-4-7-10-13-16-19-22-24-26-28-30-31-33-34-36-38-41-44-47-50-53-56-62(65)68-59-60(58-67-61(64)55-52-49-46-43-40-21-18-15-12-9-6-3)69-63(66)57-54-51-48-45-42-39-37-35-32-29-27-25-23-20-17-14-11-8-5-2/h7,10,16-17,19-20,24-27,30-31,60H,4-6,8-9,11-15,18,21-23,28-29,32-59H2,1-3H3/b10-7-,19-16-,20-17-,26-24-,27-25-,31-30-. The van der Waals surface area contributed by atoms with Gasteiger partial charge < -0.3 is 14.2 Å². The summed E-state index contributed by atoms with van der Waals surface area (Å²) in [4.78, 5) is 38.2. The molecule has 0 amide bonds. The lowest BCUT2D eigenvalue weighted by Gasteiger charge is -2.18. The summed E-state index contributed by atoms with van der Waals surface area (Å²) in [7, 11) is 0. The highest BCUT2D eigenvalue weighted by atomic mass is 16.6. The van der Waals surface area contributed by atoms with Crippen LogP contribution in [-0.2, 0) is 28.6 Å². The predicted octanol–water partition coefficient (Wildman–Crippen LogP) is 19.8. The third kappa shape index (κ3) is 55.6. The lowest BCUT2D eigenvalue weighted by atomic mass is 10.1. The second-order valence-electron chi connectivity index (χ2n) is 19.5. The van der Waals surface area contributed by atoms with Crippen LogP contribution in [0.5, 0.6) is 0 Å². The molecule has 0 radical (unpaired) electrons. The first-order valence-corrected chi connectivity index (χ1v) is 29.4. The van der Waals surface area contributed by atoms with Crippen molar-refractivity contribution in [2.75, 3.05) is 13.2 Å². The van der Waals surface area contributed by atoms with Crippen LogP contribution in [0.1, 0.15) is 290 Å². The van der Waals surface area contributed by atoms with Crippen molar-refractivity contribution in [3.8, 4) is 0 Å². The van der Waals surface area contributed by atoms with Crippen LogP contribution in [0, 0.1) is 0 Å². The summed E-state index contributed by atoms with van der Waals surface area (Å²) >= 11 is 0. The summed E-state index contributed by atoms with van der Waals surface area (Å²) < 4.78 is 16.9. The van der Waals surface area contributed by atoms with Crippen LogP contribution in [0.4, 0.5) is 0 Å². The van der Waals surface area contributed by atoms with E-state index in [1.807, 2.05) is 0 Å². The molecule has 0 heterocycles. The molecule has 0 aromatic heterocycles. The molecule has 0 bridgehead atoms. The van der Waals surface area contributed by atoms with Gasteiger partial charge in [-0.05, 0) is 89.9 Å². The minimum absolute atomic E-state index is 0.0772. The van der Waals surface area contributed by atoms with E-state index >= 15 is 0 Å². The highest BCUT2D eigenvalue weighted by Gasteiger charge is 2.19. The van der Waals surface area contributed by atoms with Crippen molar-refractivity contribution in [2.24, 2.45) is 0 Å². The molecular weight excluding hydrogens is 853 g/mol. The molecule has 0 aromatic rings. The SMILES string of the molecule is CC/C=C\C/C=C\C/C=C\C/C=C\CCCCCCCCCCC(=O)OCC(COC(=O)CCCCCCCCCCCCC)OC(=O)CCCCCCCCCCC/C=C\C/C=C\CCCCC. The molecule has 0 rings (SSSR count). The predicted molar refractivity (Wildman–Crippen MR) is 298 cm³/mol. The number of ether oxygens (including phenoxy) is 3. The van der Waals surface area contributed by atoms with Gasteiger partial charge in [0.05, 0.1) is 0 Å². The molecule has 0 N–H and O–H groups in total. The van der Waals surface area contributed by atoms with Crippen molar-refractivity contribution in [1.29, 1.82) is 0 Å². The van der Waals surface area contributed by atoms with Crippen molar-refractivity contribution in [3.63, 3.8) is 0 Å². The Balaban J connectivity index is 4.33. The molecule has 0 aliphatic carbocycles. The fourth-order valence-corrected chi connectivity index (χ4v) is 8.29. The van der Waals surface area contributed by atoms with Gasteiger partial charge in [0.1, 0.15) is 13.2 Å². The number of hydrogen-bond donors (Lipinski definition) is 0. The van der Waals surface area contributed by atoms with Gasteiger partial charge in [-0.1, -0.05) is 254 Å². The lowest BCUT2D eigenvalue weighted by Crippen LogP contribution is -2.30. The molecule has 6 nitrogen and oxygen atoms in total. The van der Waals surface area contributed by atoms with Gasteiger partial charge in [-0.15, -0.1) is 0 Å². The van der Waals surface area contributed by atoms with E-state index in [2.05, 4.69) is 93.7 Å². The van der Waals surface area contributed by atoms with E-state index in [1.165, 1.54) is 154 Å². The Morgan fingerprint density at radius 2 is 0.565 bits per heavy atom. The highest BCUT2D eigenvalue weighted by molar-refractivity contribution is 5.71. The first-order valence-electron chi connectivity index (χ1n) is 29.4. The third-order valence-corrected chi connectivity index (χ3v) is 12.7. The molecule has 0 saturated carbocycles. The van der Waals surface area contributed by atoms with Crippen LogP contribution in [0.25, 0.3) is 0 Å². The van der Waals surface area contributed by atoms with Crippen LogP contribution < -0.4 is 0 Å². The van der Waals surface area contributed by atoms with E-state index in [1.54, 1.807) is 0 Å². The number of rotatable bonds is 53. The number of esters is 3. The Bertz CT molecular complexity index is 1290. The third-order valence-electron chi connectivity index (χ3n) is 12.7. The van der Waals surface area contributed by atoms with Crippen LogP contribution in [0.2, 0.25) is 0 Å². The van der Waals surface area contributed by atoms with E-state index < -0.39 is 6.10 Å². The summed E-state index contributed by atoms with van der Waals surface area (Å²) in [6.07, 6.45) is 73.2. The maximum Gasteiger partial charge on any atom is 0.306 e. The van der Waals surface area contributed by atoms with Crippen molar-refractivity contribution < 1.29 is 28.6 Å². The number of unbranched alkanes of at least 4 members (excludes halogenated alkanes) is 30. The second-order valence-corrected chi connectivity index (χ2v) is 19.5. The molecule has 0 aliphatic heterocycles. The molecular formula is C63H110O6. The maximum atomic E-state index is 12.9. The first-order chi connectivity index (χ1) is 34.0. The van der Waals surface area contributed by atoms with Gasteiger partial charge in [0.15, 0.2) is 6.10 Å². The zero-order chi connectivity index (χ0) is 50.0. The fourth-order valence-electron chi connectivity index (χ4n) is 8.29. The number of hydrogen-bond acceptors (Lipinski definition) is 6. The molecule has 0 aliphatic rings. The van der Waals surface area contributed by atoms with Gasteiger partial charge in [-0.25, -0.2) is 0 Å². The first kappa shape index (κ1) is 65.8. The van der Waals surface area contributed by atoms with Gasteiger partial charge in [-0.3, -0.25) is 14.4 Å². The van der Waals surface area contributed by atoms with Gasteiger partial charge >= 0.3 is 17.9 Å². The summed E-state index contributed by atoms with van der Waals surface area (Å²) in [5.41, 5.74) is 0. The monoisotopic (exact) mass is 963 g/mol. The van der Waals surface area contributed by atoms with Crippen LogP contribution in [-0.4, -0.2) is 37.2 Å². The van der Waals surface area contributed by atoms with Crippen molar-refractivity contribution >= 4 is 17.9 Å². The minimum atomic E-state index is -0.779. The van der Waals surface area contributed by atoms with Gasteiger partial charge in [0, 0.05) is 19.3 Å². The second kappa shape index (κ2) is 57.4. The number of allylic oxidation sites excluding steroid dienone is 12. The Morgan fingerprint density at radius 1 is 0.304 bits per heavy atom. The zero-order valence-electron chi connectivity index (χ0n) is 45.6. The van der Waals surface area contributed by atoms with Crippen LogP contribution in [0.15, 0.2) is 72.9 Å². The highest BCUT2D eigenvalue weighted by Crippen LogP contribution is 2.16. The molecule has 69 heavy (non-hydrogen) atoms. The molecule has 0 fully saturated rings. The normalized spacial score (nSPS) is 12.6. The summed E-state index contributed by atoms with van der Waals surface area (Å²) in [5, 5.41) is 0. The molecule has 0 aromatic carbocycles. The molecule has 6 heteroatoms. The molecule has 398 valence electrons. The fraction of sp³-hybridized carbons (Fsp3) is 0.762. The van der Waals surface area contributed by atoms with Crippen LogP contribution >= 0.6 is 0 Å². The molecule has 1 unspecified atom stereocenters. The molecule has 0 saturated heterocycles. The number of carbonyl (C=O) groups excluding carboxylic acids is 3. The zero-order valence-corrected chi connectivity index (χ0v) is 45.6. The Labute approximate surface area is 427 Å². The summed E-state index contributed by atoms with van der Waals surface area (Å²) in [6.45, 7) is 6.51. The molecule has 1 atom stereocenters. The Hall–Kier alpha value is -3.15. The molecule has 0 spiro atoms. The van der Waals surface area contributed by atoms with E-state index in [0.717, 1.165) is 96.3 Å². The van der Waals surface area contributed by atoms with E-state index in [4.69, 9.17) is 14.2 Å². The average molecular weight is 964 g/mol. The van der Waals surface area contributed by atoms with Crippen molar-refractivity contribution in [3.05, 3.63) is 72.9 Å². The summed E-state index contributed by atoms with van der Waals surface area (Å²) in [5.74, 6) is -0.880. The van der Waals surface area contributed by atoms with Crippen molar-refractivity contribution in [2.45, 2.75) is 297 Å². The maximum absolute atomic E-state index is 12.9. The van der Waals surface area contributed by atoms with Gasteiger partial charge in [-0.2, -0.15) is 0 Å². The van der Waals surface area contributed by atoms with Crippen molar-refractivity contribution in [1.82, 2.24) is 0 Å².